The van der Waals surface area contributed by atoms with Crippen LogP contribution in [0.25, 0.3) is 0 Å². The van der Waals surface area contributed by atoms with E-state index in [1.807, 2.05) is 0 Å². The van der Waals surface area contributed by atoms with Crippen molar-refractivity contribution in [3.63, 3.8) is 0 Å². The summed E-state index contributed by atoms with van der Waals surface area (Å²) < 4.78 is 24.7. The summed E-state index contributed by atoms with van der Waals surface area (Å²) in [6.45, 7) is 0.890. The van der Waals surface area contributed by atoms with Crippen molar-refractivity contribution in [2.24, 2.45) is 5.73 Å². The van der Waals surface area contributed by atoms with Crippen molar-refractivity contribution in [3.05, 3.63) is 12.5 Å². The van der Waals surface area contributed by atoms with Crippen LogP contribution in [0.2, 0.25) is 0 Å². The Morgan fingerprint density at radius 2 is 2.36 bits per heavy atom. The summed E-state index contributed by atoms with van der Waals surface area (Å²) in [6, 6.07) is 0. The number of aromatic amines is 1. The number of sulfonamides is 1. The summed E-state index contributed by atoms with van der Waals surface area (Å²) in [5.74, 6) is 0. The molecule has 1 rings (SSSR count). The van der Waals surface area contributed by atoms with Crippen LogP contribution in [-0.2, 0) is 10.0 Å². The number of nitrogens with two attached hydrogens (primary N) is 1. The van der Waals surface area contributed by atoms with E-state index in [0.717, 1.165) is 0 Å². The fourth-order valence-corrected chi connectivity index (χ4v) is 2.09. The summed E-state index contributed by atoms with van der Waals surface area (Å²) in [6.07, 6.45) is 3.27. The first-order valence-electron chi connectivity index (χ1n) is 4.24. The normalized spacial score (nSPS) is 12.2. The van der Waals surface area contributed by atoms with Crippen molar-refractivity contribution in [2.75, 3.05) is 20.1 Å². The number of hydrogen-bond acceptors (Lipinski definition) is 4. The minimum absolute atomic E-state index is 0.108. The van der Waals surface area contributed by atoms with Gasteiger partial charge in [-0.1, -0.05) is 0 Å². The molecule has 0 fully saturated rings. The van der Waals surface area contributed by atoms with E-state index < -0.39 is 10.0 Å². The summed E-state index contributed by atoms with van der Waals surface area (Å²) in [4.78, 5) is 6.23. The maximum absolute atomic E-state index is 11.7. The molecule has 0 aromatic carbocycles. The van der Waals surface area contributed by atoms with Gasteiger partial charge in [0.1, 0.15) is 0 Å². The number of H-pyrrole nitrogens is 1. The molecule has 0 atom stereocenters. The second-order valence-corrected chi connectivity index (χ2v) is 4.90. The summed E-state index contributed by atoms with van der Waals surface area (Å²) in [7, 11) is -1.89. The summed E-state index contributed by atoms with van der Waals surface area (Å²) >= 11 is 0. The van der Waals surface area contributed by atoms with Crippen LogP contribution in [0.1, 0.15) is 6.42 Å². The van der Waals surface area contributed by atoms with E-state index in [4.69, 9.17) is 5.73 Å². The Morgan fingerprint density at radius 3 is 2.86 bits per heavy atom. The molecule has 6 nitrogen and oxygen atoms in total. The molecule has 1 aromatic heterocycles. The largest absolute Gasteiger partial charge is 0.335 e. The maximum Gasteiger partial charge on any atom is 0.259 e. The third-order valence-corrected chi connectivity index (χ3v) is 3.62. The molecule has 0 aliphatic rings. The van der Waals surface area contributed by atoms with Gasteiger partial charge in [0, 0.05) is 13.6 Å². The average Bonchev–Trinajstić information content (AvgIpc) is 2.67. The van der Waals surface area contributed by atoms with Crippen molar-refractivity contribution in [2.45, 2.75) is 11.4 Å². The maximum atomic E-state index is 11.7. The number of nitrogens with one attached hydrogen (secondary N) is 1. The second-order valence-electron chi connectivity index (χ2n) is 2.88. The molecule has 0 saturated carbocycles. The summed E-state index contributed by atoms with van der Waals surface area (Å²) in [5, 5.41) is 0.108. The molecule has 7 heteroatoms. The first-order valence-corrected chi connectivity index (χ1v) is 5.68. The molecule has 0 amide bonds. The Morgan fingerprint density at radius 1 is 1.64 bits per heavy atom. The Labute approximate surface area is 83.2 Å². The molecule has 1 heterocycles. The Bertz CT molecular complexity index is 359. The smallest absolute Gasteiger partial charge is 0.259 e. The minimum Gasteiger partial charge on any atom is -0.335 e. The van der Waals surface area contributed by atoms with Crippen molar-refractivity contribution < 1.29 is 8.42 Å². The Balaban J connectivity index is 2.76. The Kier molecular flexibility index (Phi) is 3.62. The molecule has 14 heavy (non-hydrogen) atoms. The molecule has 0 saturated heterocycles. The van der Waals surface area contributed by atoms with Crippen molar-refractivity contribution in [1.29, 1.82) is 0 Å². The lowest BCUT2D eigenvalue weighted by atomic mass is 10.4. The highest BCUT2D eigenvalue weighted by Crippen LogP contribution is 2.09. The van der Waals surface area contributed by atoms with Gasteiger partial charge in [0.15, 0.2) is 5.03 Å². The van der Waals surface area contributed by atoms with Crippen LogP contribution in [0.5, 0.6) is 0 Å². The van der Waals surface area contributed by atoms with Crippen molar-refractivity contribution in [1.82, 2.24) is 14.3 Å². The molecule has 0 bridgehead atoms. The van der Waals surface area contributed by atoms with E-state index in [1.54, 1.807) is 0 Å². The lowest BCUT2D eigenvalue weighted by Gasteiger charge is -2.14. The highest BCUT2D eigenvalue weighted by molar-refractivity contribution is 7.89. The second kappa shape index (κ2) is 4.54. The molecular weight excluding hydrogens is 204 g/mol. The van der Waals surface area contributed by atoms with Crippen molar-refractivity contribution >= 4 is 10.0 Å². The number of aromatic nitrogens is 2. The molecule has 0 radical (unpaired) electrons. The molecule has 1 aromatic rings. The standard InChI is InChI=1S/C7H14N4O2S/c1-11(4-2-3-8)14(12,13)7-5-9-6-10-7/h5-6H,2-4,8H2,1H3,(H,9,10). The van der Waals surface area contributed by atoms with Gasteiger partial charge in [-0.15, -0.1) is 0 Å². The van der Waals surface area contributed by atoms with Gasteiger partial charge in [0.2, 0.25) is 0 Å². The number of rotatable bonds is 5. The van der Waals surface area contributed by atoms with E-state index in [-0.39, 0.29) is 5.03 Å². The van der Waals surface area contributed by atoms with Gasteiger partial charge >= 0.3 is 0 Å². The average molecular weight is 218 g/mol. The van der Waals surface area contributed by atoms with Gasteiger partial charge in [-0.25, -0.2) is 13.4 Å². The molecule has 0 unspecified atom stereocenters. The zero-order valence-electron chi connectivity index (χ0n) is 7.97. The zero-order valence-corrected chi connectivity index (χ0v) is 8.79. The quantitative estimate of drug-likeness (QED) is 0.689. The van der Waals surface area contributed by atoms with Crippen LogP contribution in [0.15, 0.2) is 17.6 Å². The van der Waals surface area contributed by atoms with Gasteiger partial charge in [-0.05, 0) is 13.0 Å². The van der Waals surface area contributed by atoms with Crippen LogP contribution in [0.4, 0.5) is 0 Å². The SMILES string of the molecule is CN(CCCN)S(=O)(=O)c1cnc[nH]1. The van der Waals surface area contributed by atoms with Crippen molar-refractivity contribution in [3.8, 4) is 0 Å². The van der Waals surface area contributed by atoms with E-state index >= 15 is 0 Å². The molecule has 0 spiro atoms. The molecule has 80 valence electrons. The third-order valence-electron chi connectivity index (χ3n) is 1.84. The topological polar surface area (TPSA) is 92.1 Å². The molecule has 3 N–H and O–H groups in total. The molecule has 0 aliphatic heterocycles. The van der Waals surface area contributed by atoms with E-state index in [1.165, 1.54) is 23.9 Å². The first-order chi connectivity index (χ1) is 6.59. The van der Waals surface area contributed by atoms with Gasteiger partial charge in [-0.2, -0.15) is 4.31 Å². The number of hydrogen-bond donors (Lipinski definition) is 2. The first kappa shape index (κ1) is 11.2. The van der Waals surface area contributed by atoms with Crippen LogP contribution >= 0.6 is 0 Å². The lowest BCUT2D eigenvalue weighted by molar-refractivity contribution is 0.461. The summed E-state index contributed by atoms with van der Waals surface area (Å²) in [5.41, 5.74) is 5.30. The molecular formula is C7H14N4O2S. The lowest BCUT2D eigenvalue weighted by Crippen LogP contribution is -2.29. The van der Waals surface area contributed by atoms with Gasteiger partial charge in [-0.3, -0.25) is 0 Å². The predicted molar refractivity (Wildman–Crippen MR) is 52.1 cm³/mol. The van der Waals surface area contributed by atoms with Crippen LogP contribution in [0, 0.1) is 0 Å². The van der Waals surface area contributed by atoms with Crippen LogP contribution in [0.3, 0.4) is 0 Å². The highest BCUT2D eigenvalue weighted by Gasteiger charge is 2.20. The van der Waals surface area contributed by atoms with Crippen LogP contribution < -0.4 is 5.73 Å². The minimum atomic E-state index is -3.41. The van der Waals surface area contributed by atoms with Gasteiger partial charge < -0.3 is 10.7 Å². The monoisotopic (exact) mass is 218 g/mol. The fourth-order valence-electron chi connectivity index (χ4n) is 0.986. The third kappa shape index (κ3) is 2.31. The fraction of sp³-hybridized carbons (Fsp3) is 0.571. The Hall–Kier alpha value is -0.920. The van der Waals surface area contributed by atoms with E-state index in [9.17, 15) is 8.42 Å². The number of imidazole rings is 1. The van der Waals surface area contributed by atoms with Gasteiger partial charge in [0.05, 0.1) is 12.5 Å². The number of nitrogens with zero attached hydrogens (tertiary/aromatic N) is 2. The highest BCUT2D eigenvalue weighted by atomic mass is 32.2. The van der Waals surface area contributed by atoms with E-state index in [0.29, 0.717) is 19.5 Å². The molecule has 0 aliphatic carbocycles. The van der Waals surface area contributed by atoms with Gasteiger partial charge in [0.25, 0.3) is 10.0 Å². The van der Waals surface area contributed by atoms with E-state index in [2.05, 4.69) is 9.97 Å². The predicted octanol–water partition coefficient (Wildman–Crippen LogP) is -0.621. The zero-order chi connectivity index (χ0) is 10.6. The van der Waals surface area contributed by atoms with Crippen LogP contribution in [-0.4, -0.2) is 42.8 Å².